The van der Waals surface area contributed by atoms with Crippen molar-refractivity contribution in [2.45, 2.75) is 6.92 Å². The van der Waals surface area contributed by atoms with Crippen LogP contribution in [0.3, 0.4) is 0 Å². The zero-order chi connectivity index (χ0) is 18.0. The number of thiophene rings is 1. The summed E-state index contributed by atoms with van der Waals surface area (Å²) in [4.78, 5) is 36.0. The molecule has 1 aromatic carbocycles. The van der Waals surface area contributed by atoms with Gasteiger partial charge in [0, 0.05) is 5.02 Å². The zero-order valence-electron chi connectivity index (χ0n) is 12.6. The second kappa shape index (κ2) is 7.21. The van der Waals surface area contributed by atoms with E-state index in [1.54, 1.807) is 13.0 Å². The second-order valence-electron chi connectivity index (χ2n) is 4.69. The number of amides is 2. The van der Waals surface area contributed by atoms with E-state index in [1.165, 1.54) is 19.2 Å². The molecule has 1 heterocycles. The van der Waals surface area contributed by atoms with E-state index in [-0.39, 0.29) is 26.0 Å². The molecule has 2 amide bonds. The predicted octanol–water partition coefficient (Wildman–Crippen LogP) is 3.50. The van der Waals surface area contributed by atoms with Crippen LogP contribution in [-0.2, 0) is 4.74 Å². The minimum absolute atomic E-state index is 0.0481. The largest absolute Gasteiger partial charge is 0.465 e. The van der Waals surface area contributed by atoms with E-state index in [0.717, 1.165) is 11.3 Å². The Kier molecular flexibility index (Phi) is 5.48. The van der Waals surface area contributed by atoms with E-state index >= 15 is 0 Å². The number of nitrogens with one attached hydrogen (secondary N) is 1. The molecule has 1 aromatic heterocycles. The molecule has 0 atom stereocenters. The zero-order valence-corrected chi connectivity index (χ0v) is 14.9. The molecule has 0 bridgehead atoms. The van der Waals surface area contributed by atoms with Gasteiger partial charge in [0.25, 0.3) is 11.8 Å². The van der Waals surface area contributed by atoms with Gasteiger partial charge in [-0.3, -0.25) is 9.59 Å². The first-order valence-electron chi connectivity index (χ1n) is 6.54. The van der Waals surface area contributed by atoms with Crippen molar-refractivity contribution in [2.75, 3.05) is 12.4 Å². The number of hydrogen-bond acceptors (Lipinski definition) is 5. The highest BCUT2D eigenvalue weighted by Crippen LogP contribution is 2.34. The minimum atomic E-state index is -0.772. The van der Waals surface area contributed by atoms with Gasteiger partial charge < -0.3 is 15.8 Å². The van der Waals surface area contributed by atoms with Gasteiger partial charge in [-0.05, 0) is 30.7 Å². The van der Waals surface area contributed by atoms with Gasteiger partial charge in [-0.2, -0.15) is 0 Å². The summed E-state index contributed by atoms with van der Waals surface area (Å²) in [7, 11) is 1.22. The van der Waals surface area contributed by atoms with E-state index in [9.17, 15) is 14.4 Å². The molecule has 0 radical (unpaired) electrons. The molecule has 126 valence electrons. The molecule has 0 aliphatic carbocycles. The number of hydrogen-bond donors (Lipinski definition) is 2. The van der Waals surface area contributed by atoms with Crippen molar-refractivity contribution in [3.63, 3.8) is 0 Å². The Morgan fingerprint density at radius 1 is 1.25 bits per heavy atom. The number of esters is 1. The molecule has 0 spiro atoms. The maximum absolute atomic E-state index is 12.4. The number of halogens is 2. The molecular formula is C15H12Cl2N2O4S. The van der Waals surface area contributed by atoms with Crippen molar-refractivity contribution in [3.05, 3.63) is 49.8 Å². The van der Waals surface area contributed by atoms with Crippen LogP contribution in [0, 0.1) is 6.92 Å². The minimum Gasteiger partial charge on any atom is -0.465 e. The molecule has 3 N–H and O–H groups in total. The third-order valence-electron chi connectivity index (χ3n) is 3.16. The summed E-state index contributed by atoms with van der Waals surface area (Å²) in [5.74, 6) is -1.98. The van der Waals surface area contributed by atoms with Crippen LogP contribution in [0.25, 0.3) is 0 Å². The Hall–Kier alpha value is -2.09. The van der Waals surface area contributed by atoms with Gasteiger partial charge in [0.2, 0.25) is 0 Å². The van der Waals surface area contributed by atoms with Gasteiger partial charge in [0.15, 0.2) is 0 Å². The highest BCUT2D eigenvalue weighted by molar-refractivity contribution is 7.18. The highest BCUT2D eigenvalue weighted by atomic mass is 35.5. The van der Waals surface area contributed by atoms with Crippen molar-refractivity contribution < 1.29 is 19.1 Å². The van der Waals surface area contributed by atoms with E-state index in [4.69, 9.17) is 28.9 Å². The molecule has 0 aliphatic heterocycles. The lowest BCUT2D eigenvalue weighted by Gasteiger charge is -2.07. The normalized spacial score (nSPS) is 10.3. The van der Waals surface area contributed by atoms with Crippen molar-refractivity contribution in [3.8, 4) is 0 Å². The Balaban J connectivity index is 2.45. The van der Waals surface area contributed by atoms with Gasteiger partial charge in [-0.25, -0.2) is 4.79 Å². The van der Waals surface area contributed by atoms with Crippen molar-refractivity contribution >= 4 is 57.3 Å². The molecule has 0 saturated heterocycles. The first kappa shape index (κ1) is 18.3. The lowest BCUT2D eigenvalue weighted by molar-refractivity contribution is 0.0605. The summed E-state index contributed by atoms with van der Waals surface area (Å²) in [5.41, 5.74) is 5.87. The van der Waals surface area contributed by atoms with Gasteiger partial charge >= 0.3 is 5.97 Å². The number of methoxy groups -OCH3 is 1. The van der Waals surface area contributed by atoms with Gasteiger partial charge in [-0.1, -0.05) is 23.2 Å². The Morgan fingerprint density at radius 2 is 1.92 bits per heavy atom. The summed E-state index contributed by atoms with van der Waals surface area (Å²) in [6.45, 7) is 1.55. The van der Waals surface area contributed by atoms with Crippen LogP contribution in [0.5, 0.6) is 0 Å². The van der Waals surface area contributed by atoms with Crippen molar-refractivity contribution in [1.29, 1.82) is 0 Å². The van der Waals surface area contributed by atoms with E-state index in [1.807, 2.05) is 0 Å². The van der Waals surface area contributed by atoms with Gasteiger partial charge in [-0.15, -0.1) is 11.3 Å². The molecule has 0 fully saturated rings. The lowest BCUT2D eigenvalue weighted by atomic mass is 10.1. The molecule has 9 heteroatoms. The molecule has 6 nitrogen and oxygen atoms in total. The van der Waals surface area contributed by atoms with E-state index < -0.39 is 17.8 Å². The molecule has 2 rings (SSSR count). The summed E-state index contributed by atoms with van der Waals surface area (Å²) in [6, 6.07) is 4.42. The van der Waals surface area contributed by atoms with Crippen LogP contribution >= 0.6 is 34.5 Å². The summed E-state index contributed by atoms with van der Waals surface area (Å²) in [5, 5.41) is 3.21. The summed E-state index contributed by atoms with van der Waals surface area (Å²) < 4.78 is 4.66. The maximum Gasteiger partial charge on any atom is 0.348 e. The molecule has 2 aromatic rings. The third-order valence-corrected chi connectivity index (χ3v) is 4.92. The fraction of sp³-hybridized carbons (Fsp3) is 0.133. The van der Waals surface area contributed by atoms with Crippen LogP contribution in [0.2, 0.25) is 10.0 Å². The van der Waals surface area contributed by atoms with Crippen LogP contribution < -0.4 is 11.1 Å². The van der Waals surface area contributed by atoms with E-state index in [2.05, 4.69) is 10.1 Å². The predicted molar refractivity (Wildman–Crippen MR) is 93.3 cm³/mol. The first-order chi connectivity index (χ1) is 11.3. The topological polar surface area (TPSA) is 98.5 Å². The number of benzene rings is 1. The van der Waals surface area contributed by atoms with Crippen LogP contribution in [0.4, 0.5) is 5.00 Å². The van der Waals surface area contributed by atoms with Crippen molar-refractivity contribution in [2.24, 2.45) is 5.73 Å². The number of rotatable bonds is 4. The standard InChI is InChI=1S/C15H12Cl2N2O4S/c1-6-10(12(18)20)14(24-11(6)15(22)23-2)19-13(21)8-5-7(16)3-4-9(8)17/h3-5H,1-2H3,(H2,18,20)(H,19,21). The second-order valence-corrected chi connectivity index (χ2v) is 6.56. The third kappa shape index (κ3) is 3.53. The molecule has 0 unspecified atom stereocenters. The maximum atomic E-state index is 12.4. The quantitative estimate of drug-likeness (QED) is 0.785. The molecule has 24 heavy (non-hydrogen) atoms. The number of anilines is 1. The van der Waals surface area contributed by atoms with Crippen LogP contribution in [0.15, 0.2) is 18.2 Å². The average Bonchev–Trinajstić information content (AvgIpc) is 2.85. The SMILES string of the molecule is COC(=O)c1sc(NC(=O)c2cc(Cl)ccc2Cl)c(C(N)=O)c1C. The Morgan fingerprint density at radius 3 is 2.50 bits per heavy atom. The first-order valence-corrected chi connectivity index (χ1v) is 8.11. The molecule has 0 aliphatic rings. The number of carbonyl (C=O) groups is 3. The Bertz CT molecular complexity index is 848. The molecule has 0 saturated carbocycles. The summed E-state index contributed by atoms with van der Waals surface area (Å²) >= 11 is 12.7. The van der Waals surface area contributed by atoms with Crippen molar-refractivity contribution in [1.82, 2.24) is 0 Å². The highest BCUT2D eigenvalue weighted by Gasteiger charge is 2.25. The fourth-order valence-corrected chi connectivity index (χ4v) is 3.53. The smallest absolute Gasteiger partial charge is 0.348 e. The van der Waals surface area contributed by atoms with E-state index in [0.29, 0.717) is 10.6 Å². The number of primary amides is 1. The van der Waals surface area contributed by atoms with Gasteiger partial charge in [0.05, 0.1) is 23.3 Å². The van der Waals surface area contributed by atoms with Gasteiger partial charge in [0.1, 0.15) is 9.88 Å². The fourth-order valence-electron chi connectivity index (χ4n) is 2.03. The lowest BCUT2D eigenvalue weighted by Crippen LogP contribution is -2.17. The monoisotopic (exact) mass is 386 g/mol. The summed E-state index contributed by atoms with van der Waals surface area (Å²) in [6.07, 6.45) is 0. The number of ether oxygens (including phenoxy) is 1. The van der Waals surface area contributed by atoms with Crippen LogP contribution in [-0.4, -0.2) is 24.9 Å². The van der Waals surface area contributed by atoms with Crippen LogP contribution in [0.1, 0.15) is 36.0 Å². The Labute approximate surface area is 151 Å². The number of nitrogens with two attached hydrogens (primary N) is 1. The molecular weight excluding hydrogens is 375 g/mol. The number of carbonyl (C=O) groups excluding carboxylic acids is 3. The average molecular weight is 387 g/mol.